The predicted octanol–water partition coefficient (Wildman–Crippen LogP) is 2.79. The van der Waals surface area contributed by atoms with E-state index in [0.29, 0.717) is 19.4 Å². The lowest BCUT2D eigenvalue weighted by atomic mass is 10.1. The zero-order chi connectivity index (χ0) is 16.5. The van der Waals surface area contributed by atoms with Gasteiger partial charge in [0.05, 0.1) is 6.26 Å². The van der Waals surface area contributed by atoms with Crippen LogP contribution in [0.1, 0.15) is 30.9 Å². The number of benzene rings is 1. The second-order valence-electron chi connectivity index (χ2n) is 6.44. The normalized spacial score (nSPS) is 23.9. The summed E-state index contributed by atoms with van der Waals surface area (Å²) in [5.41, 5.74) is 0.806. The Bertz CT molecular complexity index is 726. The number of likely N-dealkylation sites (tertiary alicyclic amines) is 1. The average molecular weight is 324 g/mol. The highest BCUT2D eigenvalue weighted by Crippen LogP contribution is 2.32. The van der Waals surface area contributed by atoms with Crippen LogP contribution in [0.4, 0.5) is 5.69 Å². The second-order valence-corrected chi connectivity index (χ2v) is 6.44. The monoisotopic (exact) mass is 324 g/mol. The number of para-hydroxylation sites is 1. The minimum absolute atomic E-state index is 0.0290. The zero-order valence-corrected chi connectivity index (χ0v) is 13.4. The van der Waals surface area contributed by atoms with Crippen LogP contribution < -0.4 is 4.90 Å². The highest BCUT2D eigenvalue weighted by atomic mass is 16.3. The van der Waals surface area contributed by atoms with E-state index in [9.17, 15) is 9.59 Å². The summed E-state index contributed by atoms with van der Waals surface area (Å²) in [5, 5.41) is 0. The summed E-state index contributed by atoms with van der Waals surface area (Å²) in [7, 11) is 0. The van der Waals surface area contributed by atoms with Gasteiger partial charge in [-0.2, -0.15) is 0 Å². The minimum atomic E-state index is -0.379. The van der Waals surface area contributed by atoms with Crippen molar-refractivity contribution in [2.24, 2.45) is 0 Å². The lowest BCUT2D eigenvalue weighted by molar-refractivity contribution is -0.132. The van der Waals surface area contributed by atoms with Crippen LogP contribution in [-0.2, 0) is 9.59 Å². The summed E-state index contributed by atoms with van der Waals surface area (Å²) in [6.45, 7) is 1.39. The van der Waals surface area contributed by atoms with Gasteiger partial charge in [0.25, 0.3) is 0 Å². The molecule has 2 saturated heterocycles. The van der Waals surface area contributed by atoms with E-state index in [1.54, 1.807) is 11.2 Å². The van der Waals surface area contributed by atoms with Gasteiger partial charge in [0, 0.05) is 31.1 Å². The van der Waals surface area contributed by atoms with Gasteiger partial charge in [0.2, 0.25) is 11.8 Å². The predicted molar refractivity (Wildman–Crippen MR) is 89.6 cm³/mol. The second kappa shape index (κ2) is 6.15. The van der Waals surface area contributed by atoms with Gasteiger partial charge in [-0.15, -0.1) is 0 Å². The van der Waals surface area contributed by atoms with Crippen molar-refractivity contribution in [1.29, 1.82) is 0 Å². The molecule has 2 fully saturated rings. The zero-order valence-electron chi connectivity index (χ0n) is 13.4. The van der Waals surface area contributed by atoms with E-state index >= 15 is 0 Å². The number of furan rings is 1. The molecule has 0 bridgehead atoms. The maximum absolute atomic E-state index is 13.0. The van der Waals surface area contributed by atoms with Crippen LogP contribution in [0.5, 0.6) is 0 Å². The molecule has 4 rings (SSSR count). The number of anilines is 1. The van der Waals surface area contributed by atoms with Crippen molar-refractivity contribution in [3.63, 3.8) is 0 Å². The number of carbonyl (C=O) groups excluding carboxylic acids is 2. The van der Waals surface area contributed by atoms with Gasteiger partial charge >= 0.3 is 0 Å². The Kier molecular flexibility index (Phi) is 3.84. The SMILES string of the molecule is O=C(C1CCC(=O)N1c1ccccc1)N1CCC(c2ccco2)C1. The first-order valence-corrected chi connectivity index (χ1v) is 8.43. The molecule has 2 atom stereocenters. The van der Waals surface area contributed by atoms with Crippen LogP contribution in [0, 0.1) is 0 Å². The third-order valence-electron chi connectivity index (χ3n) is 4.98. The fraction of sp³-hybridized carbons (Fsp3) is 0.368. The van der Waals surface area contributed by atoms with Crippen molar-refractivity contribution in [1.82, 2.24) is 4.90 Å². The van der Waals surface area contributed by atoms with Crippen LogP contribution in [0.3, 0.4) is 0 Å². The summed E-state index contributed by atoms with van der Waals surface area (Å²) < 4.78 is 5.48. The lowest BCUT2D eigenvalue weighted by Crippen LogP contribution is -2.46. The molecule has 2 aliphatic rings. The third-order valence-corrected chi connectivity index (χ3v) is 4.98. The Balaban J connectivity index is 1.51. The molecule has 2 amide bonds. The smallest absolute Gasteiger partial charge is 0.245 e. The molecule has 124 valence electrons. The molecule has 0 N–H and O–H groups in total. The number of amides is 2. The molecule has 0 radical (unpaired) electrons. The maximum atomic E-state index is 13.0. The topological polar surface area (TPSA) is 53.8 Å². The summed E-state index contributed by atoms with van der Waals surface area (Å²) in [5.74, 6) is 1.28. The third kappa shape index (κ3) is 2.60. The van der Waals surface area contributed by atoms with Gasteiger partial charge in [0.15, 0.2) is 0 Å². The number of hydrogen-bond acceptors (Lipinski definition) is 3. The van der Waals surface area contributed by atoms with Crippen molar-refractivity contribution >= 4 is 17.5 Å². The molecule has 1 aromatic heterocycles. The molecule has 2 unspecified atom stereocenters. The molecule has 2 aliphatic heterocycles. The van der Waals surface area contributed by atoms with E-state index in [1.165, 1.54) is 0 Å². The van der Waals surface area contributed by atoms with Gasteiger partial charge in [-0.05, 0) is 37.1 Å². The van der Waals surface area contributed by atoms with Gasteiger partial charge in [0.1, 0.15) is 11.8 Å². The Morgan fingerprint density at radius 3 is 2.67 bits per heavy atom. The molecule has 1 aromatic carbocycles. The first kappa shape index (κ1) is 15.0. The maximum Gasteiger partial charge on any atom is 0.245 e. The van der Waals surface area contributed by atoms with E-state index in [-0.39, 0.29) is 23.8 Å². The average Bonchev–Trinajstić information content (AvgIpc) is 3.35. The van der Waals surface area contributed by atoms with Crippen molar-refractivity contribution in [2.75, 3.05) is 18.0 Å². The van der Waals surface area contributed by atoms with Crippen molar-refractivity contribution < 1.29 is 14.0 Å². The fourth-order valence-electron chi connectivity index (χ4n) is 3.76. The van der Waals surface area contributed by atoms with Gasteiger partial charge < -0.3 is 9.32 Å². The summed E-state index contributed by atoms with van der Waals surface area (Å²) in [6.07, 6.45) is 3.60. The van der Waals surface area contributed by atoms with Crippen LogP contribution in [0.25, 0.3) is 0 Å². The molecule has 3 heterocycles. The van der Waals surface area contributed by atoms with Gasteiger partial charge in [-0.3, -0.25) is 14.5 Å². The molecule has 0 spiro atoms. The van der Waals surface area contributed by atoms with Crippen molar-refractivity contribution in [2.45, 2.75) is 31.2 Å². The first-order valence-electron chi connectivity index (χ1n) is 8.43. The summed E-state index contributed by atoms with van der Waals surface area (Å²) in [4.78, 5) is 28.8. The largest absolute Gasteiger partial charge is 0.469 e. The molecular formula is C19H20N2O3. The highest BCUT2D eigenvalue weighted by molar-refractivity contribution is 6.03. The number of carbonyl (C=O) groups is 2. The van der Waals surface area contributed by atoms with E-state index < -0.39 is 0 Å². The fourth-order valence-corrected chi connectivity index (χ4v) is 3.76. The van der Waals surface area contributed by atoms with Crippen LogP contribution in [0.2, 0.25) is 0 Å². The highest BCUT2D eigenvalue weighted by Gasteiger charge is 2.41. The number of nitrogens with zero attached hydrogens (tertiary/aromatic N) is 2. The Morgan fingerprint density at radius 2 is 1.92 bits per heavy atom. The minimum Gasteiger partial charge on any atom is -0.469 e. The lowest BCUT2D eigenvalue weighted by Gasteiger charge is -2.28. The van der Waals surface area contributed by atoms with Crippen LogP contribution in [0.15, 0.2) is 53.1 Å². The first-order chi connectivity index (χ1) is 11.7. The van der Waals surface area contributed by atoms with Gasteiger partial charge in [-0.25, -0.2) is 0 Å². The Labute approximate surface area is 140 Å². The van der Waals surface area contributed by atoms with Gasteiger partial charge in [-0.1, -0.05) is 18.2 Å². The Morgan fingerprint density at radius 1 is 1.08 bits per heavy atom. The van der Waals surface area contributed by atoms with Crippen molar-refractivity contribution in [3.8, 4) is 0 Å². The standard InChI is InChI=1S/C19H20N2O3/c22-18-9-8-16(21(18)15-5-2-1-3-6-15)19(23)20-11-10-14(13-20)17-7-4-12-24-17/h1-7,12,14,16H,8-11,13H2. The van der Waals surface area contributed by atoms with E-state index in [2.05, 4.69) is 0 Å². The van der Waals surface area contributed by atoms with Crippen LogP contribution in [-0.4, -0.2) is 35.8 Å². The number of hydrogen-bond donors (Lipinski definition) is 0. The molecule has 5 nitrogen and oxygen atoms in total. The van der Waals surface area contributed by atoms with Crippen molar-refractivity contribution in [3.05, 3.63) is 54.5 Å². The summed E-state index contributed by atoms with van der Waals surface area (Å²) >= 11 is 0. The molecule has 24 heavy (non-hydrogen) atoms. The molecule has 2 aromatic rings. The van der Waals surface area contributed by atoms with E-state index in [4.69, 9.17) is 4.42 Å². The number of rotatable bonds is 3. The Hall–Kier alpha value is -2.56. The molecule has 5 heteroatoms. The van der Waals surface area contributed by atoms with Crippen LogP contribution >= 0.6 is 0 Å². The molecule has 0 aliphatic carbocycles. The van der Waals surface area contributed by atoms with E-state index in [1.807, 2.05) is 47.4 Å². The molecular weight excluding hydrogens is 304 g/mol. The molecule has 0 saturated carbocycles. The van der Waals surface area contributed by atoms with E-state index in [0.717, 1.165) is 24.4 Å². The summed E-state index contributed by atoms with van der Waals surface area (Å²) in [6, 6.07) is 12.9. The quantitative estimate of drug-likeness (QED) is 0.872.